The molecule has 0 aliphatic carbocycles. The van der Waals surface area contributed by atoms with Gasteiger partial charge >= 0.3 is 0 Å². The monoisotopic (exact) mass is 464 g/mol. The van der Waals surface area contributed by atoms with E-state index < -0.39 is 0 Å². The second-order valence-corrected chi connectivity index (χ2v) is 7.97. The van der Waals surface area contributed by atoms with Gasteiger partial charge in [-0.3, -0.25) is 9.59 Å². The van der Waals surface area contributed by atoms with E-state index in [9.17, 15) is 9.59 Å². The topological polar surface area (TPSA) is 67.4 Å². The third-order valence-electron chi connectivity index (χ3n) is 5.05. The lowest BCUT2D eigenvalue weighted by atomic mass is 9.97. The number of amides is 2. The molecule has 1 aliphatic rings. The minimum Gasteiger partial charge on any atom is -0.371 e. The van der Waals surface area contributed by atoms with Crippen molar-refractivity contribution in [3.05, 3.63) is 99.5 Å². The lowest BCUT2D eigenvalue weighted by Crippen LogP contribution is -2.31. The number of carbonyl (C=O) groups excluding carboxylic acids is 2. The predicted octanol–water partition coefficient (Wildman–Crippen LogP) is 4.75. The molecule has 1 heterocycles. The van der Waals surface area contributed by atoms with Crippen LogP contribution in [-0.2, 0) is 11.2 Å². The normalized spacial score (nSPS) is 15.2. The number of fused-ring (bicyclic) bond motifs is 1. The first-order valence-corrected chi connectivity index (χ1v) is 10.5. The van der Waals surface area contributed by atoms with Crippen molar-refractivity contribution in [2.75, 3.05) is 18.5 Å². The summed E-state index contributed by atoms with van der Waals surface area (Å²) in [6.07, 6.45) is 0.761. The molecule has 0 unspecified atom stereocenters. The Labute approximate surface area is 183 Å². The summed E-state index contributed by atoms with van der Waals surface area (Å²) in [5.41, 5.74) is 4.13. The number of ether oxygens (including phenoxy) is 1. The fraction of sp³-hybridized carbons (Fsp3) is 0.167. The molecular formula is C24H21BrN2O3. The van der Waals surface area contributed by atoms with E-state index in [1.807, 2.05) is 30.3 Å². The van der Waals surface area contributed by atoms with Crippen LogP contribution < -0.4 is 10.6 Å². The molecule has 0 aromatic heterocycles. The molecule has 30 heavy (non-hydrogen) atoms. The molecule has 0 radical (unpaired) electrons. The molecule has 4 rings (SSSR count). The van der Waals surface area contributed by atoms with Gasteiger partial charge in [-0.25, -0.2) is 0 Å². The number of carbonyl (C=O) groups is 2. The van der Waals surface area contributed by atoms with Crippen molar-refractivity contribution < 1.29 is 14.3 Å². The summed E-state index contributed by atoms with van der Waals surface area (Å²) < 4.78 is 6.75. The number of nitrogens with one attached hydrogen (secondary N) is 2. The van der Waals surface area contributed by atoms with Crippen LogP contribution in [0.4, 0.5) is 5.69 Å². The van der Waals surface area contributed by atoms with Crippen molar-refractivity contribution in [2.45, 2.75) is 12.5 Å². The van der Waals surface area contributed by atoms with E-state index in [4.69, 9.17) is 4.74 Å². The van der Waals surface area contributed by atoms with Gasteiger partial charge in [0.25, 0.3) is 11.8 Å². The van der Waals surface area contributed by atoms with Crippen LogP contribution in [0.1, 0.15) is 37.9 Å². The fourth-order valence-electron chi connectivity index (χ4n) is 3.44. The maximum absolute atomic E-state index is 12.5. The Balaban J connectivity index is 1.34. The van der Waals surface area contributed by atoms with Crippen molar-refractivity contribution >= 4 is 33.4 Å². The minimum absolute atomic E-state index is 0.136. The molecule has 3 aromatic carbocycles. The maximum atomic E-state index is 12.5. The van der Waals surface area contributed by atoms with Gasteiger partial charge in [0.2, 0.25) is 0 Å². The second-order valence-electron chi connectivity index (χ2n) is 7.06. The van der Waals surface area contributed by atoms with Crippen molar-refractivity contribution in [1.82, 2.24) is 5.32 Å². The van der Waals surface area contributed by atoms with E-state index in [0.717, 1.165) is 16.5 Å². The van der Waals surface area contributed by atoms with E-state index in [1.54, 1.807) is 36.4 Å². The van der Waals surface area contributed by atoms with Crippen LogP contribution in [0.25, 0.3) is 0 Å². The van der Waals surface area contributed by atoms with E-state index in [1.165, 1.54) is 5.56 Å². The Hall–Kier alpha value is -2.96. The Morgan fingerprint density at radius 2 is 1.57 bits per heavy atom. The Bertz CT molecular complexity index is 1050. The smallest absolute Gasteiger partial charge is 0.255 e. The number of hydrogen-bond donors (Lipinski definition) is 2. The summed E-state index contributed by atoms with van der Waals surface area (Å²) in [5, 5.41) is 5.78. The van der Waals surface area contributed by atoms with Crippen LogP contribution in [-0.4, -0.2) is 25.0 Å². The highest BCUT2D eigenvalue weighted by atomic mass is 79.9. The first-order valence-electron chi connectivity index (χ1n) is 9.75. The highest BCUT2D eigenvalue weighted by molar-refractivity contribution is 9.10. The third-order valence-corrected chi connectivity index (χ3v) is 5.58. The zero-order chi connectivity index (χ0) is 20.9. The molecule has 5 nitrogen and oxygen atoms in total. The summed E-state index contributed by atoms with van der Waals surface area (Å²) in [6.45, 7) is 1.07. The lowest BCUT2D eigenvalue weighted by molar-refractivity contribution is 0.0411. The fourth-order valence-corrected chi connectivity index (χ4v) is 3.71. The predicted molar refractivity (Wildman–Crippen MR) is 120 cm³/mol. The molecule has 1 atom stereocenters. The third kappa shape index (κ3) is 4.78. The summed E-state index contributed by atoms with van der Waals surface area (Å²) in [6, 6.07) is 22.1. The van der Waals surface area contributed by atoms with Crippen molar-refractivity contribution in [3.8, 4) is 0 Å². The lowest BCUT2D eigenvalue weighted by Gasteiger charge is -2.26. The van der Waals surface area contributed by atoms with Crippen LogP contribution >= 0.6 is 15.9 Å². The summed E-state index contributed by atoms with van der Waals surface area (Å²) in [4.78, 5) is 24.8. The molecule has 1 aliphatic heterocycles. The molecule has 152 valence electrons. The maximum Gasteiger partial charge on any atom is 0.255 e. The van der Waals surface area contributed by atoms with Gasteiger partial charge in [0.05, 0.1) is 6.61 Å². The molecule has 2 N–H and O–H groups in total. The molecule has 2 amide bonds. The summed E-state index contributed by atoms with van der Waals surface area (Å²) >= 11 is 3.35. The standard InChI is InChI=1S/C24H21BrN2O3/c25-19-9-5-18(6-10-19)24(29)27-20-11-7-17(8-12-20)23(28)26-15-22-21-4-2-1-3-16(21)13-14-30-22/h1-12,22H,13-15H2,(H,26,28)(H,27,29)/t22-/m0/s1. The van der Waals surface area contributed by atoms with Crippen LogP contribution in [0, 0.1) is 0 Å². The zero-order valence-corrected chi connectivity index (χ0v) is 17.8. The Morgan fingerprint density at radius 3 is 2.33 bits per heavy atom. The Morgan fingerprint density at radius 1 is 0.900 bits per heavy atom. The number of rotatable bonds is 5. The number of anilines is 1. The molecule has 0 fully saturated rings. The van der Waals surface area contributed by atoms with Gasteiger partial charge in [-0.1, -0.05) is 40.2 Å². The van der Waals surface area contributed by atoms with Crippen molar-refractivity contribution in [1.29, 1.82) is 0 Å². The molecular weight excluding hydrogens is 444 g/mol. The van der Waals surface area contributed by atoms with Crippen molar-refractivity contribution in [3.63, 3.8) is 0 Å². The average Bonchev–Trinajstić information content (AvgIpc) is 2.78. The second kappa shape index (κ2) is 9.24. The van der Waals surface area contributed by atoms with E-state index >= 15 is 0 Å². The molecule has 0 saturated heterocycles. The van der Waals surface area contributed by atoms with Gasteiger partial charge in [-0.2, -0.15) is 0 Å². The highest BCUT2D eigenvalue weighted by Crippen LogP contribution is 2.26. The summed E-state index contributed by atoms with van der Waals surface area (Å²) in [5.74, 6) is -0.375. The van der Waals surface area contributed by atoms with E-state index in [-0.39, 0.29) is 17.9 Å². The van der Waals surface area contributed by atoms with E-state index in [0.29, 0.717) is 30.0 Å². The molecule has 6 heteroatoms. The molecule has 3 aromatic rings. The van der Waals surface area contributed by atoms with Crippen molar-refractivity contribution in [2.24, 2.45) is 0 Å². The summed E-state index contributed by atoms with van der Waals surface area (Å²) in [7, 11) is 0. The van der Waals surface area contributed by atoms with Gasteiger partial charge in [0, 0.05) is 27.8 Å². The zero-order valence-electron chi connectivity index (χ0n) is 16.2. The number of benzene rings is 3. The SMILES string of the molecule is O=C(NC[C@@H]1OCCc2ccccc21)c1ccc(NC(=O)c2ccc(Br)cc2)cc1. The van der Waals surface area contributed by atoms with Crippen LogP contribution in [0.3, 0.4) is 0 Å². The van der Waals surface area contributed by atoms with Gasteiger partial charge in [-0.05, 0) is 66.1 Å². The molecule has 0 bridgehead atoms. The molecule has 0 spiro atoms. The van der Waals surface area contributed by atoms with Gasteiger partial charge in [0.15, 0.2) is 0 Å². The number of hydrogen-bond acceptors (Lipinski definition) is 3. The first-order chi connectivity index (χ1) is 14.6. The quantitative estimate of drug-likeness (QED) is 0.572. The van der Waals surface area contributed by atoms with Crippen LogP contribution in [0.15, 0.2) is 77.3 Å². The number of halogens is 1. The van der Waals surface area contributed by atoms with Crippen LogP contribution in [0.2, 0.25) is 0 Å². The van der Waals surface area contributed by atoms with Gasteiger partial charge in [0.1, 0.15) is 6.10 Å². The largest absolute Gasteiger partial charge is 0.371 e. The molecule has 0 saturated carbocycles. The highest BCUT2D eigenvalue weighted by Gasteiger charge is 2.21. The minimum atomic E-state index is -0.201. The van der Waals surface area contributed by atoms with Crippen LogP contribution in [0.5, 0.6) is 0 Å². The Kier molecular flexibility index (Phi) is 6.26. The average molecular weight is 465 g/mol. The first kappa shape index (κ1) is 20.3. The van der Waals surface area contributed by atoms with Gasteiger partial charge in [-0.15, -0.1) is 0 Å². The van der Waals surface area contributed by atoms with Gasteiger partial charge < -0.3 is 15.4 Å². The van der Waals surface area contributed by atoms with E-state index in [2.05, 4.69) is 32.6 Å².